The van der Waals surface area contributed by atoms with Crippen molar-refractivity contribution in [2.75, 3.05) is 0 Å². The third-order valence-corrected chi connectivity index (χ3v) is 7.50. The van der Waals surface area contributed by atoms with Crippen molar-refractivity contribution in [1.29, 1.82) is 0 Å². The molecule has 0 unspecified atom stereocenters. The fourth-order valence-corrected chi connectivity index (χ4v) is 5.07. The van der Waals surface area contributed by atoms with Gasteiger partial charge in [-0.05, 0) is 56.2 Å². The van der Waals surface area contributed by atoms with Gasteiger partial charge in [-0.25, -0.2) is 9.97 Å². The van der Waals surface area contributed by atoms with Crippen LogP contribution >= 0.6 is 0 Å². The Labute approximate surface area is 221 Å². The van der Waals surface area contributed by atoms with Gasteiger partial charge >= 0.3 is 16.5 Å². The van der Waals surface area contributed by atoms with Gasteiger partial charge in [0.25, 0.3) is 5.91 Å². The second-order valence-electron chi connectivity index (χ2n) is 8.87. The Kier molecular flexibility index (Phi) is 6.85. The van der Waals surface area contributed by atoms with Gasteiger partial charge in [-0.3, -0.25) is 9.78 Å². The zero-order chi connectivity index (χ0) is 27.8. The number of pyridine rings is 1. The van der Waals surface area contributed by atoms with E-state index in [4.69, 9.17) is 4.18 Å². The molecule has 39 heavy (non-hydrogen) atoms. The van der Waals surface area contributed by atoms with E-state index in [0.717, 1.165) is 18.2 Å². The zero-order valence-electron chi connectivity index (χ0n) is 20.3. The number of hydrogen-bond acceptors (Lipinski definition) is 8. The number of alkyl halides is 3. The van der Waals surface area contributed by atoms with Gasteiger partial charge in [-0.2, -0.15) is 8.42 Å². The number of carbonyl (C=O) groups excluding carboxylic acids is 1. The Bertz CT molecular complexity index is 1640. The lowest BCUT2D eigenvalue weighted by Gasteiger charge is -2.18. The van der Waals surface area contributed by atoms with Crippen molar-refractivity contribution in [3.05, 3.63) is 78.1 Å². The van der Waals surface area contributed by atoms with Crippen molar-refractivity contribution >= 4 is 27.1 Å². The minimum Gasteiger partial charge on any atom is -0.406 e. The summed E-state index contributed by atoms with van der Waals surface area (Å²) >= 11 is 0. The standard InChI is InChI=1S/C26H21F3N4O5S/c1-15(23-24(22-8-4-5-11-30-22)33-21-7-3-2-6-20(21)32-23)31-25(34)16-12-17(37-26(27,28)29)14-18(13-16)38-39(35,36)19-9-10-19/h2-8,11-15,19H,9-10H2,1H3,(H,31,34)/t15-/m0/s1. The second-order valence-corrected chi connectivity index (χ2v) is 10.7. The van der Waals surface area contributed by atoms with Crippen molar-refractivity contribution < 1.29 is 35.3 Å². The van der Waals surface area contributed by atoms with Gasteiger partial charge in [0, 0.05) is 17.8 Å². The number of hydrogen-bond donors (Lipinski definition) is 1. The third kappa shape index (κ3) is 6.25. The summed E-state index contributed by atoms with van der Waals surface area (Å²) in [5, 5.41) is 1.95. The van der Waals surface area contributed by atoms with Crippen LogP contribution in [0.25, 0.3) is 22.4 Å². The lowest BCUT2D eigenvalue weighted by atomic mass is 10.1. The molecule has 2 aromatic heterocycles. The molecule has 2 aromatic carbocycles. The van der Waals surface area contributed by atoms with Gasteiger partial charge in [0.05, 0.1) is 33.7 Å². The van der Waals surface area contributed by atoms with Crippen molar-refractivity contribution in [1.82, 2.24) is 20.3 Å². The SMILES string of the molecule is C[C@H](NC(=O)c1cc(OC(F)(F)F)cc(OS(=O)(=O)C2CC2)c1)c1nc2ccccc2nc1-c1ccccn1. The molecule has 1 fully saturated rings. The molecule has 1 atom stereocenters. The van der Waals surface area contributed by atoms with Crippen LogP contribution in [-0.4, -0.2) is 40.9 Å². The van der Waals surface area contributed by atoms with Crippen LogP contribution in [0, 0.1) is 0 Å². The van der Waals surface area contributed by atoms with Crippen LogP contribution in [0.4, 0.5) is 13.2 Å². The van der Waals surface area contributed by atoms with Gasteiger partial charge in [0.15, 0.2) is 0 Å². The number of aromatic nitrogens is 3. The minimum absolute atomic E-state index is 0.308. The molecule has 9 nitrogen and oxygen atoms in total. The Hall–Kier alpha value is -4.26. The van der Waals surface area contributed by atoms with Crippen LogP contribution in [-0.2, 0) is 10.1 Å². The first kappa shape index (κ1) is 26.4. The van der Waals surface area contributed by atoms with Gasteiger partial charge in [0.1, 0.15) is 17.2 Å². The molecular weight excluding hydrogens is 537 g/mol. The largest absolute Gasteiger partial charge is 0.573 e. The van der Waals surface area contributed by atoms with Crippen LogP contribution < -0.4 is 14.2 Å². The molecule has 1 aliphatic carbocycles. The zero-order valence-corrected chi connectivity index (χ0v) is 21.2. The van der Waals surface area contributed by atoms with Gasteiger partial charge in [-0.15, -0.1) is 13.2 Å². The van der Waals surface area contributed by atoms with Gasteiger partial charge < -0.3 is 14.2 Å². The molecule has 13 heteroatoms. The number of halogens is 3. The quantitative estimate of drug-likeness (QED) is 0.302. The number of amides is 1. The normalized spacial score (nSPS) is 14.6. The van der Waals surface area contributed by atoms with Gasteiger partial charge in [-0.1, -0.05) is 18.2 Å². The number of benzene rings is 2. The highest BCUT2D eigenvalue weighted by Gasteiger charge is 2.38. The molecule has 4 aromatic rings. The van der Waals surface area contributed by atoms with Crippen molar-refractivity contribution in [3.63, 3.8) is 0 Å². The summed E-state index contributed by atoms with van der Waals surface area (Å²) in [4.78, 5) is 26.9. The topological polar surface area (TPSA) is 120 Å². The lowest BCUT2D eigenvalue weighted by Crippen LogP contribution is -2.28. The van der Waals surface area contributed by atoms with Crippen molar-refractivity contribution in [2.24, 2.45) is 0 Å². The van der Waals surface area contributed by atoms with E-state index in [1.165, 1.54) is 0 Å². The van der Waals surface area contributed by atoms with E-state index in [1.54, 1.807) is 49.5 Å². The number of fused-ring (bicyclic) bond motifs is 1. The number of para-hydroxylation sites is 2. The summed E-state index contributed by atoms with van der Waals surface area (Å²) in [5.41, 5.74) is 2.16. The Morgan fingerprint density at radius 2 is 1.67 bits per heavy atom. The minimum atomic E-state index is -5.08. The summed E-state index contributed by atoms with van der Waals surface area (Å²) in [6.07, 6.45) is -2.72. The Morgan fingerprint density at radius 1 is 1.00 bits per heavy atom. The number of nitrogens with zero attached hydrogens (tertiary/aromatic N) is 3. The summed E-state index contributed by atoms with van der Waals surface area (Å²) in [6.45, 7) is 1.63. The van der Waals surface area contributed by atoms with E-state index in [2.05, 4.69) is 25.0 Å². The first-order valence-electron chi connectivity index (χ1n) is 11.8. The van der Waals surface area contributed by atoms with Crippen molar-refractivity contribution in [3.8, 4) is 22.9 Å². The molecule has 0 spiro atoms. The molecule has 1 aliphatic rings. The summed E-state index contributed by atoms with van der Waals surface area (Å²) in [5.74, 6) is -2.09. The molecule has 1 N–H and O–H groups in total. The molecule has 0 saturated heterocycles. The molecule has 5 rings (SSSR count). The fraction of sp³-hybridized carbons (Fsp3) is 0.231. The maximum absolute atomic E-state index is 13.2. The number of nitrogens with one attached hydrogen (secondary N) is 1. The fourth-order valence-electron chi connectivity index (χ4n) is 3.86. The average Bonchev–Trinajstić information content (AvgIpc) is 3.73. The first-order valence-corrected chi connectivity index (χ1v) is 13.3. The maximum Gasteiger partial charge on any atom is 0.573 e. The number of rotatable bonds is 8. The monoisotopic (exact) mass is 558 g/mol. The summed E-state index contributed by atoms with van der Waals surface area (Å²) < 4.78 is 72.3. The number of carbonyl (C=O) groups is 1. The molecule has 2 heterocycles. The van der Waals surface area contributed by atoms with Crippen molar-refractivity contribution in [2.45, 2.75) is 37.4 Å². The molecule has 1 amide bonds. The van der Waals surface area contributed by atoms with Crippen LogP contribution in [0.1, 0.15) is 41.9 Å². The average molecular weight is 559 g/mol. The molecule has 202 valence electrons. The highest BCUT2D eigenvalue weighted by molar-refractivity contribution is 7.88. The van der Waals surface area contributed by atoms with E-state index in [-0.39, 0.29) is 5.56 Å². The first-order chi connectivity index (χ1) is 18.5. The van der Waals surface area contributed by atoms with Gasteiger partial charge in [0.2, 0.25) is 0 Å². The Morgan fingerprint density at radius 3 is 2.31 bits per heavy atom. The van der Waals surface area contributed by atoms with Crippen LogP contribution in [0.5, 0.6) is 11.5 Å². The molecule has 0 radical (unpaired) electrons. The van der Waals surface area contributed by atoms with E-state index in [9.17, 15) is 26.4 Å². The van der Waals surface area contributed by atoms with E-state index in [0.29, 0.717) is 41.0 Å². The predicted molar refractivity (Wildman–Crippen MR) is 134 cm³/mol. The maximum atomic E-state index is 13.2. The highest BCUT2D eigenvalue weighted by Crippen LogP contribution is 2.34. The predicted octanol–water partition coefficient (Wildman–Crippen LogP) is 4.95. The van der Waals surface area contributed by atoms with Crippen LogP contribution in [0.2, 0.25) is 0 Å². The van der Waals surface area contributed by atoms with E-state index < -0.39 is 45.2 Å². The molecule has 1 saturated carbocycles. The second kappa shape index (κ2) is 10.1. The summed E-state index contributed by atoms with van der Waals surface area (Å²) in [7, 11) is -4.06. The van der Waals surface area contributed by atoms with Crippen LogP contribution in [0.3, 0.4) is 0 Å². The Balaban J connectivity index is 1.48. The number of ether oxygens (including phenoxy) is 1. The van der Waals surface area contributed by atoms with E-state index in [1.807, 2.05) is 6.07 Å². The molecule has 0 aliphatic heterocycles. The van der Waals surface area contributed by atoms with E-state index >= 15 is 0 Å². The summed E-state index contributed by atoms with van der Waals surface area (Å²) in [6, 6.07) is 14.2. The third-order valence-electron chi connectivity index (χ3n) is 5.78. The highest BCUT2D eigenvalue weighted by atomic mass is 32.2. The smallest absolute Gasteiger partial charge is 0.406 e. The molecule has 0 bridgehead atoms. The van der Waals surface area contributed by atoms with Crippen LogP contribution in [0.15, 0.2) is 66.9 Å². The molecular formula is C26H21F3N4O5S. The lowest BCUT2D eigenvalue weighted by molar-refractivity contribution is -0.274.